The Balaban J connectivity index is 1.64. The minimum atomic E-state index is 0.413. The molecule has 1 aliphatic rings. The van der Waals surface area contributed by atoms with E-state index in [0.717, 1.165) is 35.6 Å². The molecule has 0 atom stereocenters. The Bertz CT molecular complexity index is 591. The summed E-state index contributed by atoms with van der Waals surface area (Å²) in [6, 6.07) is 8.20. The topological polar surface area (TPSA) is 64.9 Å². The van der Waals surface area contributed by atoms with Gasteiger partial charge in [0.15, 0.2) is 5.82 Å². The van der Waals surface area contributed by atoms with Gasteiger partial charge in [0, 0.05) is 16.8 Å². The van der Waals surface area contributed by atoms with E-state index in [2.05, 4.69) is 38.2 Å². The Morgan fingerprint density at radius 1 is 1.24 bits per heavy atom. The zero-order chi connectivity index (χ0) is 14.7. The second kappa shape index (κ2) is 6.71. The van der Waals surface area contributed by atoms with E-state index in [1.807, 2.05) is 12.1 Å². The fourth-order valence-corrected chi connectivity index (χ4v) is 3.43. The van der Waals surface area contributed by atoms with Gasteiger partial charge in [-0.05, 0) is 55.8 Å². The van der Waals surface area contributed by atoms with Crippen molar-refractivity contribution in [2.24, 2.45) is 11.7 Å². The summed E-state index contributed by atoms with van der Waals surface area (Å²) in [4.78, 5) is 4.59. The van der Waals surface area contributed by atoms with E-state index in [0.29, 0.717) is 18.3 Å². The Hall–Kier alpha value is -1.20. The fraction of sp³-hybridized carbons (Fsp3) is 0.500. The van der Waals surface area contributed by atoms with E-state index >= 15 is 0 Å². The highest BCUT2D eigenvalue weighted by atomic mass is 79.9. The van der Waals surface area contributed by atoms with E-state index in [1.54, 1.807) is 0 Å². The molecule has 21 heavy (non-hydrogen) atoms. The number of halogens is 1. The minimum absolute atomic E-state index is 0.413. The van der Waals surface area contributed by atoms with Crippen LogP contribution >= 0.6 is 15.9 Å². The highest BCUT2D eigenvalue weighted by molar-refractivity contribution is 9.10. The zero-order valence-corrected chi connectivity index (χ0v) is 13.6. The maximum atomic E-state index is 5.73. The molecule has 1 saturated carbocycles. The molecule has 1 heterocycles. The minimum Gasteiger partial charge on any atom is -0.339 e. The number of aromatic nitrogens is 2. The molecule has 0 bridgehead atoms. The highest BCUT2D eigenvalue weighted by Gasteiger charge is 2.25. The van der Waals surface area contributed by atoms with Gasteiger partial charge >= 0.3 is 0 Å². The van der Waals surface area contributed by atoms with Crippen molar-refractivity contribution in [2.45, 2.75) is 38.0 Å². The summed E-state index contributed by atoms with van der Waals surface area (Å²) in [6.07, 6.45) is 5.27. The smallest absolute Gasteiger partial charge is 0.229 e. The van der Waals surface area contributed by atoms with Crippen molar-refractivity contribution >= 4 is 15.9 Å². The second-order valence-electron chi connectivity index (χ2n) is 5.81. The molecule has 0 radical (unpaired) electrons. The van der Waals surface area contributed by atoms with Crippen molar-refractivity contribution in [3.8, 4) is 0 Å². The van der Waals surface area contributed by atoms with Crippen molar-refractivity contribution in [2.75, 3.05) is 6.54 Å². The summed E-state index contributed by atoms with van der Waals surface area (Å²) in [5, 5.41) is 4.13. The van der Waals surface area contributed by atoms with Crippen molar-refractivity contribution in [1.29, 1.82) is 0 Å². The third kappa shape index (κ3) is 3.71. The van der Waals surface area contributed by atoms with Crippen LogP contribution in [0.25, 0.3) is 0 Å². The number of benzene rings is 1. The first-order valence-electron chi connectivity index (χ1n) is 7.51. The number of hydrogen-bond donors (Lipinski definition) is 1. The summed E-state index contributed by atoms with van der Waals surface area (Å²) >= 11 is 3.48. The van der Waals surface area contributed by atoms with Crippen LogP contribution in [0.2, 0.25) is 0 Å². The predicted octanol–water partition coefficient (Wildman–Crippen LogP) is 3.66. The van der Waals surface area contributed by atoms with Gasteiger partial charge in [-0.1, -0.05) is 33.2 Å². The first-order valence-corrected chi connectivity index (χ1v) is 8.31. The van der Waals surface area contributed by atoms with Crippen molar-refractivity contribution < 1.29 is 4.52 Å². The standard InChI is InChI=1S/C16H20BrN3O/c17-14-3-1-2-12(8-14)9-15-19-16(21-20-15)13-6-4-11(10-18)5-7-13/h1-3,8,11,13H,4-7,9-10,18H2. The summed E-state index contributed by atoms with van der Waals surface area (Å²) in [7, 11) is 0. The van der Waals surface area contributed by atoms with Crippen LogP contribution in [0.5, 0.6) is 0 Å². The van der Waals surface area contributed by atoms with Gasteiger partial charge in [-0.2, -0.15) is 4.98 Å². The molecule has 2 aromatic rings. The van der Waals surface area contributed by atoms with Crippen LogP contribution in [0.1, 0.15) is 48.9 Å². The maximum absolute atomic E-state index is 5.73. The fourth-order valence-electron chi connectivity index (χ4n) is 2.98. The number of nitrogens with two attached hydrogens (primary N) is 1. The third-order valence-corrected chi connectivity index (χ3v) is 4.76. The lowest BCUT2D eigenvalue weighted by Crippen LogP contribution is -2.20. The lowest BCUT2D eigenvalue weighted by molar-refractivity contribution is 0.274. The van der Waals surface area contributed by atoms with Crippen molar-refractivity contribution in [3.63, 3.8) is 0 Å². The van der Waals surface area contributed by atoms with E-state index < -0.39 is 0 Å². The third-order valence-electron chi connectivity index (χ3n) is 4.26. The van der Waals surface area contributed by atoms with Crippen molar-refractivity contribution in [3.05, 3.63) is 46.0 Å². The van der Waals surface area contributed by atoms with E-state index in [4.69, 9.17) is 10.3 Å². The molecule has 0 unspecified atom stereocenters. The summed E-state index contributed by atoms with van der Waals surface area (Å²) in [6.45, 7) is 0.796. The molecular formula is C16H20BrN3O. The average Bonchev–Trinajstić information content (AvgIpc) is 2.96. The van der Waals surface area contributed by atoms with Crippen molar-refractivity contribution in [1.82, 2.24) is 10.1 Å². The molecule has 1 aliphatic carbocycles. The van der Waals surface area contributed by atoms with Crippen LogP contribution in [0, 0.1) is 5.92 Å². The Morgan fingerprint density at radius 2 is 2.05 bits per heavy atom. The molecule has 4 nitrogen and oxygen atoms in total. The molecule has 2 N–H and O–H groups in total. The van der Waals surface area contributed by atoms with Crippen LogP contribution < -0.4 is 5.73 Å². The number of nitrogens with zero attached hydrogens (tertiary/aromatic N) is 2. The zero-order valence-electron chi connectivity index (χ0n) is 12.0. The van der Waals surface area contributed by atoms with Gasteiger partial charge in [-0.15, -0.1) is 0 Å². The molecule has 0 amide bonds. The monoisotopic (exact) mass is 349 g/mol. The van der Waals surface area contributed by atoms with Gasteiger partial charge in [0.05, 0.1) is 0 Å². The molecule has 1 fully saturated rings. The Labute approximate surface area is 133 Å². The van der Waals surface area contributed by atoms with E-state index in [9.17, 15) is 0 Å². The largest absolute Gasteiger partial charge is 0.339 e. The highest BCUT2D eigenvalue weighted by Crippen LogP contribution is 2.34. The summed E-state index contributed by atoms with van der Waals surface area (Å²) in [5.41, 5.74) is 6.92. The number of rotatable bonds is 4. The molecule has 1 aromatic carbocycles. The van der Waals surface area contributed by atoms with Gasteiger partial charge in [0.1, 0.15) is 0 Å². The summed E-state index contributed by atoms with van der Waals surface area (Å²) in [5.74, 6) is 2.65. The molecule has 112 valence electrons. The first-order chi connectivity index (χ1) is 10.2. The van der Waals surface area contributed by atoms with Gasteiger partial charge in [0.2, 0.25) is 5.89 Å². The average molecular weight is 350 g/mol. The number of hydrogen-bond acceptors (Lipinski definition) is 4. The quantitative estimate of drug-likeness (QED) is 0.914. The van der Waals surface area contributed by atoms with Crippen LogP contribution in [0.3, 0.4) is 0 Å². The molecule has 0 spiro atoms. The van der Waals surface area contributed by atoms with E-state index in [1.165, 1.54) is 18.4 Å². The van der Waals surface area contributed by atoms with Crippen LogP contribution in [-0.2, 0) is 6.42 Å². The van der Waals surface area contributed by atoms with Crippen LogP contribution in [0.15, 0.2) is 33.3 Å². The Morgan fingerprint density at radius 3 is 2.76 bits per heavy atom. The van der Waals surface area contributed by atoms with E-state index in [-0.39, 0.29) is 0 Å². The summed E-state index contributed by atoms with van der Waals surface area (Å²) < 4.78 is 6.54. The van der Waals surface area contributed by atoms with Crippen LogP contribution in [-0.4, -0.2) is 16.7 Å². The van der Waals surface area contributed by atoms with Crippen LogP contribution in [0.4, 0.5) is 0 Å². The molecule has 5 heteroatoms. The van der Waals surface area contributed by atoms with Gasteiger partial charge < -0.3 is 10.3 Å². The lowest BCUT2D eigenvalue weighted by Gasteiger charge is -2.24. The maximum Gasteiger partial charge on any atom is 0.229 e. The molecule has 0 aliphatic heterocycles. The molecular weight excluding hydrogens is 330 g/mol. The lowest BCUT2D eigenvalue weighted by atomic mass is 9.82. The molecule has 0 saturated heterocycles. The molecule has 3 rings (SSSR count). The van der Waals surface area contributed by atoms with Gasteiger partial charge in [-0.3, -0.25) is 0 Å². The predicted molar refractivity (Wildman–Crippen MR) is 85.0 cm³/mol. The molecule has 1 aromatic heterocycles. The SMILES string of the molecule is NCC1CCC(c2nc(Cc3cccc(Br)c3)no2)CC1. The second-order valence-corrected chi connectivity index (χ2v) is 6.72. The Kier molecular flexibility index (Phi) is 4.70. The van der Waals surface area contributed by atoms with Gasteiger partial charge in [0.25, 0.3) is 0 Å². The first kappa shape index (κ1) is 14.7. The normalized spacial score (nSPS) is 22.4. The van der Waals surface area contributed by atoms with Gasteiger partial charge in [-0.25, -0.2) is 0 Å².